The average Bonchev–Trinajstić information content (AvgIpc) is 3.32. The van der Waals surface area contributed by atoms with Gasteiger partial charge in [-0.2, -0.15) is 0 Å². The number of aliphatic imine (C=N–C) groups is 1. The van der Waals surface area contributed by atoms with E-state index < -0.39 is 0 Å². The van der Waals surface area contributed by atoms with E-state index >= 15 is 0 Å². The first kappa shape index (κ1) is 22.4. The zero-order valence-electron chi connectivity index (χ0n) is 17.9. The van der Waals surface area contributed by atoms with Gasteiger partial charge in [-0.3, -0.25) is 4.99 Å². The van der Waals surface area contributed by atoms with Gasteiger partial charge in [-0.15, -0.1) is 24.0 Å². The molecule has 2 N–H and O–H groups in total. The lowest BCUT2D eigenvalue weighted by atomic mass is 10.2. The standard InChI is InChI=1S/C23H30N6.HI/c1-17-8-10-20(11-9-17)28-14-12-19(16-28)27-23(24-3)25-13-15-29-18(2)26-21-6-4-5-7-22(21)29;/h4-11,19H,12-16H2,1-3H3,(H2,24,25,27);1H. The molecule has 30 heavy (non-hydrogen) atoms. The summed E-state index contributed by atoms with van der Waals surface area (Å²) in [4.78, 5) is 11.5. The predicted octanol–water partition coefficient (Wildman–Crippen LogP) is 3.72. The third-order valence-corrected chi connectivity index (χ3v) is 5.63. The van der Waals surface area contributed by atoms with Crippen molar-refractivity contribution in [2.75, 3.05) is 31.6 Å². The number of anilines is 1. The van der Waals surface area contributed by atoms with Gasteiger partial charge in [0.25, 0.3) is 0 Å². The number of imidazole rings is 1. The van der Waals surface area contributed by atoms with Gasteiger partial charge in [0.15, 0.2) is 5.96 Å². The maximum absolute atomic E-state index is 4.64. The molecule has 1 aliphatic rings. The number of rotatable bonds is 5. The van der Waals surface area contributed by atoms with Crippen LogP contribution in [0.15, 0.2) is 53.5 Å². The minimum absolute atomic E-state index is 0. The molecule has 1 unspecified atom stereocenters. The number of fused-ring (bicyclic) bond motifs is 1. The lowest BCUT2D eigenvalue weighted by molar-refractivity contribution is 0.624. The second kappa shape index (κ2) is 10.1. The largest absolute Gasteiger partial charge is 0.369 e. The first-order valence-corrected chi connectivity index (χ1v) is 10.3. The van der Waals surface area contributed by atoms with Crippen molar-refractivity contribution in [2.24, 2.45) is 4.99 Å². The van der Waals surface area contributed by atoms with E-state index in [0.717, 1.165) is 49.9 Å². The Morgan fingerprint density at radius 2 is 1.90 bits per heavy atom. The van der Waals surface area contributed by atoms with Crippen LogP contribution in [0, 0.1) is 13.8 Å². The van der Waals surface area contributed by atoms with Crippen LogP contribution >= 0.6 is 24.0 Å². The number of hydrogen-bond acceptors (Lipinski definition) is 3. The molecule has 3 aromatic rings. The number of guanidine groups is 1. The molecule has 0 bridgehead atoms. The van der Waals surface area contributed by atoms with Gasteiger partial charge in [0.05, 0.1) is 11.0 Å². The smallest absolute Gasteiger partial charge is 0.191 e. The van der Waals surface area contributed by atoms with Crippen LogP contribution in [-0.4, -0.2) is 48.2 Å². The van der Waals surface area contributed by atoms with E-state index in [1.54, 1.807) is 0 Å². The fourth-order valence-electron chi connectivity index (χ4n) is 4.02. The van der Waals surface area contributed by atoms with Gasteiger partial charge in [0.2, 0.25) is 0 Å². The molecule has 0 amide bonds. The third-order valence-electron chi connectivity index (χ3n) is 5.63. The normalized spacial score (nSPS) is 16.6. The zero-order chi connectivity index (χ0) is 20.2. The summed E-state index contributed by atoms with van der Waals surface area (Å²) in [6, 6.07) is 17.5. The van der Waals surface area contributed by atoms with Crippen molar-refractivity contribution in [3.05, 3.63) is 59.9 Å². The van der Waals surface area contributed by atoms with E-state index in [-0.39, 0.29) is 24.0 Å². The van der Waals surface area contributed by atoms with Gasteiger partial charge in [-0.25, -0.2) is 4.98 Å². The van der Waals surface area contributed by atoms with Gasteiger partial charge >= 0.3 is 0 Å². The van der Waals surface area contributed by atoms with Crippen LogP contribution in [-0.2, 0) is 6.54 Å². The zero-order valence-corrected chi connectivity index (χ0v) is 20.3. The van der Waals surface area contributed by atoms with Crippen molar-refractivity contribution < 1.29 is 0 Å². The highest BCUT2D eigenvalue weighted by Crippen LogP contribution is 2.20. The summed E-state index contributed by atoms with van der Waals surface area (Å²) in [5, 5.41) is 7.04. The highest BCUT2D eigenvalue weighted by molar-refractivity contribution is 14.0. The Balaban J connectivity index is 0.00000256. The fraction of sp³-hybridized carbons (Fsp3) is 0.391. The molecule has 0 radical (unpaired) electrons. The van der Waals surface area contributed by atoms with Crippen molar-refractivity contribution in [2.45, 2.75) is 32.9 Å². The Morgan fingerprint density at radius 3 is 2.67 bits per heavy atom. The van der Waals surface area contributed by atoms with Crippen molar-refractivity contribution >= 4 is 46.7 Å². The van der Waals surface area contributed by atoms with Gasteiger partial charge in [0, 0.05) is 45.0 Å². The SMILES string of the molecule is CN=C(NCCn1c(C)nc2ccccc21)NC1CCN(c2ccc(C)cc2)C1.I. The second-order valence-corrected chi connectivity index (χ2v) is 7.71. The summed E-state index contributed by atoms with van der Waals surface area (Å²) in [7, 11) is 1.83. The maximum Gasteiger partial charge on any atom is 0.191 e. The molecule has 1 saturated heterocycles. The van der Waals surface area contributed by atoms with Gasteiger partial charge in [-0.05, 0) is 44.5 Å². The molecule has 7 heteroatoms. The fourth-order valence-corrected chi connectivity index (χ4v) is 4.02. The number of benzene rings is 2. The van der Waals surface area contributed by atoms with E-state index in [2.05, 4.69) is 86.4 Å². The second-order valence-electron chi connectivity index (χ2n) is 7.71. The Labute approximate surface area is 195 Å². The number of halogens is 1. The summed E-state index contributed by atoms with van der Waals surface area (Å²) in [5.41, 5.74) is 4.83. The quantitative estimate of drug-likeness (QED) is 0.307. The summed E-state index contributed by atoms with van der Waals surface area (Å²) in [6.45, 7) is 7.91. The van der Waals surface area contributed by atoms with Crippen LogP contribution in [0.3, 0.4) is 0 Å². The third kappa shape index (κ3) is 5.06. The highest BCUT2D eigenvalue weighted by atomic mass is 127. The van der Waals surface area contributed by atoms with Crippen LogP contribution in [0.2, 0.25) is 0 Å². The number of nitrogens with zero attached hydrogens (tertiary/aromatic N) is 4. The lowest BCUT2D eigenvalue weighted by Gasteiger charge is -2.20. The van der Waals surface area contributed by atoms with Crippen molar-refractivity contribution in [3.63, 3.8) is 0 Å². The number of aryl methyl sites for hydroxylation is 2. The highest BCUT2D eigenvalue weighted by Gasteiger charge is 2.23. The summed E-state index contributed by atoms with van der Waals surface area (Å²) in [5.74, 6) is 1.91. The maximum atomic E-state index is 4.64. The van der Waals surface area contributed by atoms with Crippen LogP contribution in [0.25, 0.3) is 11.0 Å². The van der Waals surface area contributed by atoms with Gasteiger partial charge in [-0.1, -0.05) is 29.8 Å². The molecule has 2 aromatic carbocycles. The Bertz CT molecular complexity index is 995. The molecule has 160 valence electrons. The van der Waals surface area contributed by atoms with E-state index in [1.165, 1.54) is 16.8 Å². The average molecular weight is 518 g/mol. The minimum atomic E-state index is 0. The predicted molar refractivity (Wildman–Crippen MR) is 136 cm³/mol. The van der Waals surface area contributed by atoms with E-state index in [1.807, 2.05) is 13.1 Å². The molecule has 2 heterocycles. The number of nitrogens with one attached hydrogen (secondary N) is 2. The monoisotopic (exact) mass is 518 g/mol. The molecule has 6 nitrogen and oxygen atoms in total. The Morgan fingerprint density at radius 1 is 1.13 bits per heavy atom. The Hall–Kier alpha value is -2.29. The summed E-state index contributed by atoms with van der Waals surface area (Å²) >= 11 is 0. The van der Waals surface area contributed by atoms with Crippen LogP contribution in [0.5, 0.6) is 0 Å². The molecular weight excluding hydrogens is 487 g/mol. The minimum Gasteiger partial charge on any atom is -0.369 e. The molecule has 1 aliphatic heterocycles. The molecule has 0 saturated carbocycles. The first-order chi connectivity index (χ1) is 14.1. The van der Waals surface area contributed by atoms with E-state index in [4.69, 9.17) is 0 Å². The van der Waals surface area contributed by atoms with Crippen molar-refractivity contribution in [1.29, 1.82) is 0 Å². The van der Waals surface area contributed by atoms with E-state index in [9.17, 15) is 0 Å². The molecule has 0 aliphatic carbocycles. The number of hydrogen-bond donors (Lipinski definition) is 2. The lowest BCUT2D eigenvalue weighted by Crippen LogP contribution is -2.45. The van der Waals surface area contributed by atoms with Crippen LogP contribution in [0.4, 0.5) is 5.69 Å². The van der Waals surface area contributed by atoms with Crippen LogP contribution in [0.1, 0.15) is 17.8 Å². The molecule has 1 aromatic heterocycles. The topological polar surface area (TPSA) is 57.5 Å². The molecule has 1 fully saturated rings. The van der Waals surface area contributed by atoms with Crippen molar-refractivity contribution in [3.8, 4) is 0 Å². The Kier molecular flexibility index (Phi) is 7.58. The molecule has 4 rings (SSSR count). The molecular formula is C23H31IN6. The van der Waals surface area contributed by atoms with Crippen LogP contribution < -0.4 is 15.5 Å². The van der Waals surface area contributed by atoms with E-state index in [0.29, 0.717) is 6.04 Å². The molecule has 1 atom stereocenters. The molecule has 0 spiro atoms. The van der Waals surface area contributed by atoms with Gasteiger partial charge < -0.3 is 20.1 Å². The van der Waals surface area contributed by atoms with Gasteiger partial charge in [0.1, 0.15) is 5.82 Å². The summed E-state index contributed by atoms with van der Waals surface area (Å²) < 4.78 is 2.25. The van der Waals surface area contributed by atoms with Crippen molar-refractivity contribution in [1.82, 2.24) is 20.2 Å². The number of para-hydroxylation sites is 2. The number of aromatic nitrogens is 2. The summed E-state index contributed by atoms with van der Waals surface area (Å²) in [6.07, 6.45) is 1.11. The first-order valence-electron chi connectivity index (χ1n) is 10.3.